The summed E-state index contributed by atoms with van der Waals surface area (Å²) in [4.78, 5) is 0. The van der Waals surface area contributed by atoms with Crippen molar-refractivity contribution < 1.29 is 9.47 Å². The highest BCUT2D eigenvalue weighted by Crippen LogP contribution is 2.47. The molecule has 82 valence electrons. The van der Waals surface area contributed by atoms with Gasteiger partial charge in [0.2, 0.25) is 0 Å². The van der Waals surface area contributed by atoms with Crippen LogP contribution in [0.5, 0.6) is 0 Å². The van der Waals surface area contributed by atoms with Crippen molar-refractivity contribution in [3.63, 3.8) is 0 Å². The van der Waals surface area contributed by atoms with E-state index in [1.165, 1.54) is 5.56 Å². The van der Waals surface area contributed by atoms with Gasteiger partial charge >= 0.3 is 0 Å². The molecule has 2 nitrogen and oxygen atoms in total. The summed E-state index contributed by atoms with van der Waals surface area (Å²) in [5.74, 6) is 0.173. The van der Waals surface area contributed by atoms with E-state index >= 15 is 0 Å². The zero-order valence-corrected chi connectivity index (χ0v) is 9.75. The Morgan fingerprint density at radius 2 is 1.67 bits per heavy atom. The third-order valence-electron chi connectivity index (χ3n) is 3.20. The van der Waals surface area contributed by atoms with Crippen LogP contribution in [0, 0.1) is 0 Å². The second-order valence-electron chi connectivity index (χ2n) is 3.98. The van der Waals surface area contributed by atoms with E-state index in [4.69, 9.17) is 21.1 Å². The average molecular weight is 227 g/mol. The van der Waals surface area contributed by atoms with E-state index in [9.17, 15) is 0 Å². The maximum Gasteiger partial charge on any atom is 0.168 e. The summed E-state index contributed by atoms with van der Waals surface area (Å²) in [5, 5.41) is 0.780. The zero-order chi connectivity index (χ0) is 10.9. The molecule has 0 aliphatic heterocycles. The highest BCUT2D eigenvalue weighted by molar-refractivity contribution is 6.30. The van der Waals surface area contributed by atoms with Crippen LogP contribution >= 0.6 is 11.6 Å². The second-order valence-corrected chi connectivity index (χ2v) is 4.41. The van der Waals surface area contributed by atoms with Crippen LogP contribution in [-0.4, -0.2) is 20.0 Å². The van der Waals surface area contributed by atoms with Crippen molar-refractivity contribution in [1.29, 1.82) is 0 Å². The van der Waals surface area contributed by atoms with Crippen molar-refractivity contribution in [2.75, 3.05) is 14.2 Å². The molecule has 0 saturated heterocycles. The van der Waals surface area contributed by atoms with Crippen molar-refractivity contribution in [3.8, 4) is 0 Å². The standard InChI is InChI=1S/C12H15ClO2/c1-14-12(15-2)7-10(8-12)9-3-5-11(13)6-4-9/h3-6,10H,7-8H2,1-2H3. The first-order valence-corrected chi connectivity index (χ1v) is 5.43. The third kappa shape index (κ3) is 2.03. The van der Waals surface area contributed by atoms with Gasteiger partial charge in [0.25, 0.3) is 0 Å². The van der Waals surface area contributed by atoms with Gasteiger partial charge in [-0.05, 0) is 23.6 Å². The largest absolute Gasteiger partial charge is 0.353 e. The van der Waals surface area contributed by atoms with Crippen molar-refractivity contribution >= 4 is 11.6 Å². The number of methoxy groups -OCH3 is 2. The Labute approximate surface area is 95.1 Å². The summed E-state index contributed by atoms with van der Waals surface area (Å²) in [6.07, 6.45) is 1.84. The van der Waals surface area contributed by atoms with Gasteiger partial charge in [-0.2, -0.15) is 0 Å². The van der Waals surface area contributed by atoms with Crippen LogP contribution in [0.3, 0.4) is 0 Å². The minimum atomic E-state index is -0.357. The Kier molecular flexibility index (Phi) is 3.01. The summed E-state index contributed by atoms with van der Waals surface area (Å²) >= 11 is 5.84. The fraction of sp³-hybridized carbons (Fsp3) is 0.500. The zero-order valence-electron chi connectivity index (χ0n) is 9.00. The second kappa shape index (κ2) is 4.12. The molecule has 3 heteroatoms. The molecule has 0 amide bonds. The van der Waals surface area contributed by atoms with E-state index in [-0.39, 0.29) is 5.79 Å². The molecule has 1 aromatic carbocycles. The molecule has 0 N–H and O–H groups in total. The highest BCUT2D eigenvalue weighted by Gasteiger charge is 2.45. The topological polar surface area (TPSA) is 18.5 Å². The Bertz CT molecular complexity index is 322. The van der Waals surface area contributed by atoms with Crippen LogP contribution < -0.4 is 0 Å². The van der Waals surface area contributed by atoms with Gasteiger partial charge in [-0.1, -0.05) is 23.7 Å². The van der Waals surface area contributed by atoms with E-state index in [2.05, 4.69) is 12.1 Å². The van der Waals surface area contributed by atoms with Gasteiger partial charge in [-0.25, -0.2) is 0 Å². The monoisotopic (exact) mass is 226 g/mol. The van der Waals surface area contributed by atoms with Crippen LogP contribution in [0.4, 0.5) is 0 Å². The van der Waals surface area contributed by atoms with Crippen LogP contribution in [0.1, 0.15) is 24.3 Å². The van der Waals surface area contributed by atoms with E-state index < -0.39 is 0 Å². The van der Waals surface area contributed by atoms with Crippen LogP contribution in [0.15, 0.2) is 24.3 Å². The number of rotatable bonds is 3. The normalized spacial score (nSPS) is 19.9. The quantitative estimate of drug-likeness (QED) is 0.737. The summed E-state index contributed by atoms with van der Waals surface area (Å²) in [5.41, 5.74) is 1.31. The maximum atomic E-state index is 5.84. The van der Waals surface area contributed by atoms with Gasteiger partial charge in [-0.3, -0.25) is 0 Å². The van der Waals surface area contributed by atoms with Gasteiger partial charge < -0.3 is 9.47 Å². The van der Waals surface area contributed by atoms with Gasteiger partial charge in [0, 0.05) is 32.1 Å². The lowest BCUT2D eigenvalue weighted by molar-refractivity contribution is -0.257. The first-order valence-electron chi connectivity index (χ1n) is 5.05. The first-order chi connectivity index (χ1) is 7.19. The molecular formula is C12H15ClO2. The van der Waals surface area contributed by atoms with Crippen molar-refractivity contribution in [3.05, 3.63) is 34.9 Å². The molecule has 1 fully saturated rings. The number of ether oxygens (including phenoxy) is 2. The summed E-state index contributed by atoms with van der Waals surface area (Å²) < 4.78 is 10.7. The lowest BCUT2D eigenvalue weighted by atomic mass is 9.74. The van der Waals surface area contributed by atoms with Crippen LogP contribution in [0.2, 0.25) is 5.02 Å². The third-order valence-corrected chi connectivity index (χ3v) is 3.45. The first kappa shape index (κ1) is 10.9. The molecule has 15 heavy (non-hydrogen) atoms. The minimum absolute atomic E-state index is 0.357. The van der Waals surface area contributed by atoms with Gasteiger partial charge in [0.05, 0.1) is 0 Å². The van der Waals surface area contributed by atoms with Crippen LogP contribution in [0.25, 0.3) is 0 Å². The molecule has 0 heterocycles. The molecule has 0 radical (unpaired) electrons. The molecule has 1 saturated carbocycles. The van der Waals surface area contributed by atoms with E-state index in [1.807, 2.05) is 12.1 Å². The van der Waals surface area contributed by atoms with Crippen molar-refractivity contribution in [2.45, 2.75) is 24.5 Å². The maximum absolute atomic E-state index is 5.84. The Hall–Kier alpha value is -0.570. The Morgan fingerprint density at radius 3 is 2.13 bits per heavy atom. The molecule has 1 aliphatic rings. The van der Waals surface area contributed by atoms with Crippen molar-refractivity contribution in [2.24, 2.45) is 0 Å². The smallest absolute Gasteiger partial charge is 0.168 e. The Balaban J connectivity index is 2.02. The van der Waals surface area contributed by atoms with Gasteiger partial charge in [0.1, 0.15) is 0 Å². The van der Waals surface area contributed by atoms with Crippen LogP contribution in [-0.2, 0) is 9.47 Å². The molecule has 2 rings (SSSR count). The number of hydrogen-bond donors (Lipinski definition) is 0. The highest BCUT2D eigenvalue weighted by atomic mass is 35.5. The van der Waals surface area contributed by atoms with E-state index in [1.54, 1.807) is 14.2 Å². The predicted octanol–water partition coefficient (Wildman–Crippen LogP) is 3.21. The molecule has 1 aromatic rings. The average Bonchev–Trinajstić information content (AvgIpc) is 2.20. The van der Waals surface area contributed by atoms with Crippen molar-refractivity contribution in [1.82, 2.24) is 0 Å². The number of halogens is 1. The molecule has 0 unspecified atom stereocenters. The molecule has 0 spiro atoms. The lowest BCUT2D eigenvalue weighted by Gasteiger charge is -2.45. The molecular weight excluding hydrogens is 212 g/mol. The Morgan fingerprint density at radius 1 is 1.13 bits per heavy atom. The molecule has 1 aliphatic carbocycles. The summed E-state index contributed by atoms with van der Waals surface area (Å²) in [7, 11) is 3.39. The summed E-state index contributed by atoms with van der Waals surface area (Å²) in [6.45, 7) is 0. The fourth-order valence-corrected chi connectivity index (χ4v) is 2.20. The SMILES string of the molecule is COC1(OC)CC(c2ccc(Cl)cc2)C1. The molecule has 0 bridgehead atoms. The molecule has 0 atom stereocenters. The molecule has 0 aromatic heterocycles. The lowest BCUT2D eigenvalue weighted by Crippen LogP contribution is -2.45. The number of hydrogen-bond acceptors (Lipinski definition) is 2. The number of benzene rings is 1. The van der Waals surface area contributed by atoms with E-state index in [0.717, 1.165) is 17.9 Å². The van der Waals surface area contributed by atoms with Gasteiger partial charge in [-0.15, -0.1) is 0 Å². The van der Waals surface area contributed by atoms with Gasteiger partial charge in [0.15, 0.2) is 5.79 Å². The summed E-state index contributed by atoms with van der Waals surface area (Å²) in [6, 6.07) is 8.00. The minimum Gasteiger partial charge on any atom is -0.353 e. The predicted molar refractivity (Wildman–Crippen MR) is 60.2 cm³/mol. The van der Waals surface area contributed by atoms with E-state index in [0.29, 0.717) is 5.92 Å². The fourth-order valence-electron chi connectivity index (χ4n) is 2.08.